The number of fused-ring (bicyclic) bond motifs is 1. The summed E-state index contributed by atoms with van der Waals surface area (Å²) in [6.45, 7) is 2.53. The van der Waals surface area contributed by atoms with Crippen LogP contribution in [0.1, 0.15) is 28.4 Å². The van der Waals surface area contributed by atoms with Crippen LogP contribution in [0.25, 0.3) is 0 Å². The van der Waals surface area contributed by atoms with Crippen molar-refractivity contribution in [2.24, 2.45) is 0 Å². The molecule has 1 aliphatic heterocycles. The van der Waals surface area contributed by atoms with Gasteiger partial charge in [-0.3, -0.25) is 4.79 Å². The number of hydrogen-bond acceptors (Lipinski definition) is 5. The lowest BCUT2D eigenvalue weighted by Gasteiger charge is -2.22. The van der Waals surface area contributed by atoms with Crippen LogP contribution >= 0.6 is 0 Å². The summed E-state index contributed by atoms with van der Waals surface area (Å²) in [7, 11) is 1.62. The summed E-state index contributed by atoms with van der Waals surface area (Å²) in [6.07, 6.45) is 4.11. The van der Waals surface area contributed by atoms with Crippen molar-refractivity contribution in [3.05, 3.63) is 77.6 Å². The molecule has 142 valence electrons. The minimum Gasteiger partial charge on any atom is -0.496 e. The van der Waals surface area contributed by atoms with Gasteiger partial charge in [0.05, 0.1) is 12.7 Å². The molecular formula is C22H22N4O2. The van der Waals surface area contributed by atoms with Crippen LogP contribution in [0.3, 0.4) is 0 Å². The summed E-state index contributed by atoms with van der Waals surface area (Å²) in [6, 6.07) is 16.2. The molecule has 0 fully saturated rings. The molecule has 0 saturated heterocycles. The summed E-state index contributed by atoms with van der Waals surface area (Å²) in [4.78, 5) is 23.5. The number of para-hydroxylation sites is 2. The molecule has 0 saturated carbocycles. The maximum atomic E-state index is 12.5. The number of aromatic nitrogens is 2. The van der Waals surface area contributed by atoms with Gasteiger partial charge in [0.15, 0.2) is 0 Å². The zero-order valence-corrected chi connectivity index (χ0v) is 15.9. The molecule has 1 unspecified atom stereocenters. The monoisotopic (exact) mass is 374 g/mol. The molecule has 0 radical (unpaired) electrons. The van der Waals surface area contributed by atoms with E-state index in [4.69, 9.17) is 4.74 Å². The van der Waals surface area contributed by atoms with Crippen LogP contribution in [0.15, 0.2) is 60.9 Å². The molecule has 0 spiro atoms. The van der Waals surface area contributed by atoms with E-state index < -0.39 is 0 Å². The highest BCUT2D eigenvalue weighted by Crippen LogP contribution is 2.36. The Morgan fingerprint density at radius 2 is 1.86 bits per heavy atom. The number of anilines is 2. The third kappa shape index (κ3) is 3.41. The van der Waals surface area contributed by atoms with Crippen molar-refractivity contribution >= 4 is 17.5 Å². The summed E-state index contributed by atoms with van der Waals surface area (Å²) in [5.74, 6) is 1.14. The second-order valence-corrected chi connectivity index (χ2v) is 6.82. The normalized spacial score (nSPS) is 15.2. The molecule has 6 nitrogen and oxygen atoms in total. The molecule has 1 atom stereocenters. The molecule has 1 amide bonds. The molecule has 1 aliphatic rings. The Morgan fingerprint density at radius 3 is 2.64 bits per heavy atom. The number of carbonyl (C=O) groups is 1. The molecule has 0 aliphatic carbocycles. The second-order valence-electron chi connectivity index (χ2n) is 6.82. The fraction of sp³-hybridized carbons (Fsp3) is 0.227. The van der Waals surface area contributed by atoms with Crippen LogP contribution in [-0.2, 0) is 13.0 Å². The highest BCUT2D eigenvalue weighted by atomic mass is 16.5. The number of hydrogen-bond donors (Lipinski definition) is 1. The van der Waals surface area contributed by atoms with E-state index >= 15 is 0 Å². The highest BCUT2D eigenvalue weighted by Gasteiger charge is 2.28. The van der Waals surface area contributed by atoms with Crippen LogP contribution in [-0.4, -0.2) is 29.0 Å². The van der Waals surface area contributed by atoms with Gasteiger partial charge in [0.25, 0.3) is 5.91 Å². The number of nitrogens with zero attached hydrogens (tertiary/aromatic N) is 3. The molecule has 4 rings (SSSR count). The molecule has 1 N–H and O–H groups in total. The molecule has 2 aromatic carbocycles. The largest absolute Gasteiger partial charge is 0.496 e. The lowest BCUT2D eigenvalue weighted by Crippen LogP contribution is -2.27. The van der Waals surface area contributed by atoms with Crippen molar-refractivity contribution in [2.45, 2.75) is 25.9 Å². The summed E-state index contributed by atoms with van der Waals surface area (Å²) >= 11 is 0. The molecule has 2 heterocycles. The number of carbonyl (C=O) groups excluding carboxylic acids is 1. The molecule has 3 aromatic rings. The van der Waals surface area contributed by atoms with Crippen molar-refractivity contribution in [1.29, 1.82) is 0 Å². The summed E-state index contributed by atoms with van der Waals surface area (Å²) < 4.78 is 5.31. The first-order valence-corrected chi connectivity index (χ1v) is 9.26. The van der Waals surface area contributed by atoms with Crippen molar-refractivity contribution in [3.8, 4) is 5.75 Å². The van der Waals surface area contributed by atoms with Gasteiger partial charge in [-0.05, 0) is 31.0 Å². The maximum absolute atomic E-state index is 12.5. The van der Waals surface area contributed by atoms with Crippen molar-refractivity contribution in [3.63, 3.8) is 0 Å². The second kappa shape index (κ2) is 7.68. The van der Waals surface area contributed by atoms with Gasteiger partial charge >= 0.3 is 0 Å². The van der Waals surface area contributed by atoms with Crippen molar-refractivity contribution in [1.82, 2.24) is 15.3 Å². The molecule has 6 heteroatoms. The fourth-order valence-electron chi connectivity index (χ4n) is 3.56. The van der Waals surface area contributed by atoms with E-state index in [0.29, 0.717) is 18.1 Å². The van der Waals surface area contributed by atoms with Crippen LogP contribution in [0, 0.1) is 0 Å². The van der Waals surface area contributed by atoms with E-state index in [-0.39, 0.29) is 11.9 Å². The number of methoxy groups -OCH3 is 1. The zero-order valence-electron chi connectivity index (χ0n) is 15.9. The minimum atomic E-state index is -0.215. The van der Waals surface area contributed by atoms with Crippen molar-refractivity contribution in [2.75, 3.05) is 12.0 Å². The number of benzene rings is 2. The Bertz CT molecular complexity index is 988. The average molecular weight is 374 g/mol. The third-order valence-electron chi connectivity index (χ3n) is 4.96. The van der Waals surface area contributed by atoms with E-state index in [1.54, 1.807) is 19.5 Å². The van der Waals surface area contributed by atoms with E-state index in [1.165, 1.54) is 5.56 Å². The minimum absolute atomic E-state index is 0.215. The third-order valence-corrected chi connectivity index (χ3v) is 4.96. The molecular weight excluding hydrogens is 352 g/mol. The Morgan fingerprint density at radius 1 is 1.14 bits per heavy atom. The Labute approximate surface area is 164 Å². The number of nitrogens with one attached hydrogen (secondary N) is 1. The Hall–Kier alpha value is -3.41. The molecule has 0 bridgehead atoms. The Kier molecular flexibility index (Phi) is 4.93. The molecule has 1 aromatic heterocycles. The highest BCUT2D eigenvalue weighted by molar-refractivity contribution is 5.93. The van der Waals surface area contributed by atoms with E-state index in [1.807, 2.05) is 36.4 Å². The predicted octanol–water partition coefficient (Wildman–Crippen LogP) is 3.50. The van der Waals surface area contributed by atoms with Gasteiger partial charge < -0.3 is 15.0 Å². The summed E-state index contributed by atoms with van der Waals surface area (Å²) in [5, 5.41) is 2.89. The van der Waals surface area contributed by atoms with Crippen LogP contribution < -0.4 is 15.0 Å². The van der Waals surface area contributed by atoms with Crippen LogP contribution in [0.4, 0.5) is 11.6 Å². The van der Waals surface area contributed by atoms with Crippen molar-refractivity contribution < 1.29 is 9.53 Å². The first-order valence-electron chi connectivity index (χ1n) is 9.26. The van der Waals surface area contributed by atoms with Gasteiger partial charge in [-0.2, -0.15) is 0 Å². The Balaban J connectivity index is 1.47. The first kappa shape index (κ1) is 18.0. The zero-order chi connectivity index (χ0) is 19.5. The van der Waals surface area contributed by atoms with Gasteiger partial charge in [0.2, 0.25) is 5.95 Å². The topological polar surface area (TPSA) is 67.3 Å². The maximum Gasteiger partial charge on any atom is 0.254 e. The van der Waals surface area contributed by atoms with Gasteiger partial charge in [-0.15, -0.1) is 0 Å². The SMILES string of the molecule is COc1ccccc1CNC(=O)c1cnc(N2c3ccccc3CC2C)nc1. The number of rotatable bonds is 5. The fourth-order valence-corrected chi connectivity index (χ4v) is 3.56. The van der Waals surface area contributed by atoms with Crippen LogP contribution in [0.2, 0.25) is 0 Å². The smallest absolute Gasteiger partial charge is 0.254 e. The molecule has 28 heavy (non-hydrogen) atoms. The van der Waals surface area contributed by atoms with Gasteiger partial charge in [-0.25, -0.2) is 9.97 Å². The van der Waals surface area contributed by atoms with Crippen LogP contribution in [0.5, 0.6) is 5.75 Å². The standard InChI is InChI=1S/C22H22N4O2/c1-15-11-16-7-3-5-9-19(16)26(15)22-24-13-18(14-25-22)21(27)23-12-17-8-4-6-10-20(17)28-2/h3-10,13-15H,11-12H2,1-2H3,(H,23,27). The lowest BCUT2D eigenvalue weighted by atomic mass is 10.1. The van der Waals surface area contributed by atoms with E-state index in [2.05, 4.69) is 39.2 Å². The van der Waals surface area contributed by atoms with Gasteiger partial charge in [-0.1, -0.05) is 36.4 Å². The lowest BCUT2D eigenvalue weighted by molar-refractivity contribution is 0.0950. The van der Waals surface area contributed by atoms with E-state index in [0.717, 1.165) is 23.4 Å². The van der Waals surface area contributed by atoms with Gasteiger partial charge in [0.1, 0.15) is 5.75 Å². The number of amides is 1. The van der Waals surface area contributed by atoms with E-state index in [9.17, 15) is 4.79 Å². The summed E-state index contributed by atoms with van der Waals surface area (Å²) in [5.41, 5.74) is 3.76. The predicted molar refractivity (Wildman–Crippen MR) is 108 cm³/mol. The number of ether oxygens (including phenoxy) is 1. The van der Waals surface area contributed by atoms with Gasteiger partial charge in [0, 0.05) is 36.2 Å². The quantitative estimate of drug-likeness (QED) is 0.740. The first-order chi connectivity index (χ1) is 13.7. The average Bonchev–Trinajstić information content (AvgIpc) is 3.08.